The van der Waals surface area contributed by atoms with Crippen LogP contribution in [0.5, 0.6) is 5.75 Å². The summed E-state index contributed by atoms with van der Waals surface area (Å²) in [7, 11) is -4.45. The van der Waals surface area contributed by atoms with E-state index < -0.39 is 39.5 Å². The molecule has 0 unspecified atom stereocenters. The lowest BCUT2D eigenvalue weighted by molar-refractivity contribution is -0.275. The maximum atomic E-state index is 12.2. The highest BCUT2D eigenvalue weighted by Crippen LogP contribution is 2.32. The maximum Gasteiger partial charge on any atom is 0.573 e. The van der Waals surface area contributed by atoms with E-state index in [1.807, 2.05) is 0 Å². The summed E-state index contributed by atoms with van der Waals surface area (Å²) in [6.45, 7) is -0.968. The zero-order valence-corrected chi connectivity index (χ0v) is 11.8. The van der Waals surface area contributed by atoms with Crippen molar-refractivity contribution >= 4 is 31.9 Å². The number of nitrogens with one attached hydrogen (secondary N) is 1. The van der Waals surface area contributed by atoms with Crippen molar-refractivity contribution in [3.63, 3.8) is 0 Å². The molecule has 0 fully saturated rings. The fraction of sp³-hybridized carbons (Fsp3) is 0.222. The SMILES string of the molecule is O=C(O)CNS(=O)(=O)c1ccc(Br)cc1OC(F)(F)F. The van der Waals surface area contributed by atoms with Crippen LogP contribution in [-0.4, -0.2) is 32.4 Å². The Morgan fingerprint density at radius 3 is 2.50 bits per heavy atom. The molecule has 20 heavy (non-hydrogen) atoms. The van der Waals surface area contributed by atoms with Crippen molar-refractivity contribution in [3.8, 4) is 5.75 Å². The Morgan fingerprint density at radius 2 is 2.00 bits per heavy atom. The molecule has 0 aromatic heterocycles. The average molecular weight is 378 g/mol. The Labute approximate surface area is 119 Å². The first kappa shape index (κ1) is 16.7. The van der Waals surface area contributed by atoms with Crippen molar-refractivity contribution in [1.29, 1.82) is 0 Å². The van der Waals surface area contributed by atoms with Crippen molar-refractivity contribution in [1.82, 2.24) is 4.72 Å². The van der Waals surface area contributed by atoms with Crippen LogP contribution >= 0.6 is 15.9 Å². The van der Waals surface area contributed by atoms with Gasteiger partial charge >= 0.3 is 12.3 Å². The van der Waals surface area contributed by atoms with Crippen molar-refractivity contribution in [2.45, 2.75) is 11.3 Å². The summed E-state index contributed by atoms with van der Waals surface area (Å²) in [5, 5.41) is 8.38. The molecule has 112 valence electrons. The summed E-state index contributed by atoms with van der Waals surface area (Å²) < 4.78 is 65.5. The van der Waals surface area contributed by atoms with E-state index in [4.69, 9.17) is 5.11 Å². The molecule has 1 rings (SSSR count). The van der Waals surface area contributed by atoms with Gasteiger partial charge in [-0.15, -0.1) is 13.2 Å². The van der Waals surface area contributed by atoms with Gasteiger partial charge in [-0.3, -0.25) is 4.79 Å². The number of carbonyl (C=O) groups is 1. The number of benzene rings is 1. The molecule has 0 heterocycles. The molecule has 2 N–H and O–H groups in total. The van der Waals surface area contributed by atoms with E-state index in [0.717, 1.165) is 12.1 Å². The molecule has 0 amide bonds. The Bertz CT molecular complexity index is 616. The summed E-state index contributed by atoms with van der Waals surface area (Å²) >= 11 is 2.88. The van der Waals surface area contributed by atoms with Gasteiger partial charge in [0.25, 0.3) is 0 Å². The molecule has 0 aliphatic carbocycles. The highest BCUT2D eigenvalue weighted by atomic mass is 79.9. The number of aliphatic carboxylic acids is 1. The minimum Gasteiger partial charge on any atom is -0.480 e. The van der Waals surface area contributed by atoms with E-state index in [1.165, 1.54) is 6.07 Å². The number of ether oxygens (including phenoxy) is 1. The third-order valence-corrected chi connectivity index (χ3v) is 3.77. The van der Waals surface area contributed by atoms with E-state index in [9.17, 15) is 26.4 Å². The molecule has 11 heteroatoms. The molecule has 6 nitrogen and oxygen atoms in total. The second-order valence-corrected chi connectivity index (χ2v) is 6.01. The van der Waals surface area contributed by atoms with E-state index in [2.05, 4.69) is 20.7 Å². The zero-order chi connectivity index (χ0) is 15.6. The predicted molar refractivity (Wildman–Crippen MR) is 63.6 cm³/mol. The summed E-state index contributed by atoms with van der Waals surface area (Å²) in [4.78, 5) is 9.48. The van der Waals surface area contributed by atoms with Gasteiger partial charge in [-0.1, -0.05) is 15.9 Å². The number of sulfonamides is 1. The highest BCUT2D eigenvalue weighted by molar-refractivity contribution is 9.10. The summed E-state index contributed by atoms with van der Waals surface area (Å²) in [6, 6.07) is 2.84. The van der Waals surface area contributed by atoms with Gasteiger partial charge in [0.2, 0.25) is 10.0 Å². The minimum atomic E-state index is -5.09. The number of carboxylic acid groups (broad SMARTS) is 1. The van der Waals surface area contributed by atoms with Crippen molar-refractivity contribution in [2.24, 2.45) is 0 Å². The van der Waals surface area contributed by atoms with E-state index in [0.29, 0.717) is 0 Å². The average Bonchev–Trinajstić information content (AvgIpc) is 2.24. The summed E-state index contributed by atoms with van der Waals surface area (Å²) in [5.74, 6) is -2.45. The first-order valence-corrected chi connectivity index (χ1v) is 7.05. The second-order valence-electron chi connectivity index (χ2n) is 3.36. The van der Waals surface area contributed by atoms with Gasteiger partial charge < -0.3 is 9.84 Å². The largest absolute Gasteiger partial charge is 0.573 e. The molecule has 0 radical (unpaired) electrons. The van der Waals surface area contributed by atoms with Crippen molar-refractivity contribution in [2.75, 3.05) is 6.54 Å². The quantitative estimate of drug-likeness (QED) is 0.814. The summed E-state index contributed by atoms with van der Waals surface area (Å²) in [5.41, 5.74) is 0. The van der Waals surface area contributed by atoms with Crippen LogP contribution in [0.3, 0.4) is 0 Å². The van der Waals surface area contributed by atoms with Crippen LogP contribution in [0, 0.1) is 0 Å². The number of carboxylic acids is 1. The van der Waals surface area contributed by atoms with Crippen LogP contribution in [0.1, 0.15) is 0 Å². The van der Waals surface area contributed by atoms with Crippen LogP contribution in [0.15, 0.2) is 27.6 Å². The number of hydrogen-bond acceptors (Lipinski definition) is 4. The normalized spacial score (nSPS) is 12.2. The van der Waals surface area contributed by atoms with Gasteiger partial charge in [-0.2, -0.15) is 4.72 Å². The van der Waals surface area contributed by atoms with Crippen LogP contribution in [-0.2, 0) is 14.8 Å². The smallest absolute Gasteiger partial charge is 0.480 e. The highest BCUT2D eigenvalue weighted by Gasteiger charge is 2.34. The Balaban J connectivity index is 3.20. The molecular weight excluding hydrogens is 371 g/mol. The molecule has 0 aliphatic heterocycles. The summed E-state index contributed by atoms with van der Waals surface area (Å²) in [6.07, 6.45) is -5.09. The van der Waals surface area contributed by atoms with E-state index in [1.54, 1.807) is 4.72 Å². The Kier molecular flexibility index (Phi) is 5.00. The fourth-order valence-electron chi connectivity index (χ4n) is 1.14. The van der Waals surface area contributed by atoms with Crippen LogP contribution in [0.25, 0.3) is 0 Å². The molecule has 0 spiro atoms. The second kappa shape index (κ2) is 5.97. The monoisotopic (exact) mass is 377 g/mol. The Morgan fingerprint density at radius 1 is 1.40 bits per heavy atom. The number of alkyl halides is 3. The standard InChI is InChI=1S/C9H7BrF3NO5S/c10-5-1-2-7(6(3-5)19-9(11,12)13)20(17,18)14-4-8(15)16/h1-3,14H,4H2,(H,15,16). The third-order valence-electron chi connectivity index (χ3n) is 1.83. The molecule has 1 aromatic carbocycles. The molecule has 0 bridgehead atoms. The molecule has 0 saturated heterocycles. The lowest BCUT2D eigenvalue weighted by Gasteiger charge is -2.14. The van der Waals surface area contributed by atoms with Gasteiger partial charge in [-0.25, -0.2) is 8.42 Å². The molecule has 0 saturated carbocycles. The lowest BCUT2D eigenvalue weighted by atomic mass is 10.3. The number of halogens is 4. The van der Waals surface area contributed by atoms with Gasteiger partial charge in [0.05, 0.1) is 0 Å². The third kappa shape index (κ3) is 4.98. The Hall–Kier alpha value is -1.33. The van der Waals surface area contributed by atoms with Crippen LogP contribution in [0.4, 0.5) is 13.2 Å². The van der Waals surface area contributed by atoms with Gasteiger partial charge in [0, 0.05) is 4.47 Å². The van der Waals surface area contributed by atoms with Gasteiger partial charge in [0.15, 0.2) is 5.75 Å². The molecular formula is C9H7BrF3NO5S. The number of rotatable bonds is 5. The van der Waals surface area contributed by atoms with Crippen LogP contribution in [0.2, 0.25) is 0 Å². The van der Waals surface area contributed by atoms with Crippen LogP contribution < -0.4 is 9.46 Å². The molecule has 1 aromatic rings. The first-order valence-electron chi connectivity index (χ1n) is 4.78. The van der Waals surface area contributed by atoms with E-state index >= 15 is 0 Å². The predicted octanol–water partition coefficient (Wildman–Crippen LogP) is 1.71. The van der Waals surface area contributed by atoms with Crippen molar-refractivity contribution in [3.05, 3.63) is 22.7 Å². The first-order chi connectivity index (χ1) is 9.01. The number of hydrogen-bond donors (Lipinski definition) is 2. The van der Waals surface area contributed by atoms with Gasteiger partial charge in [0.1, 0.15) is 11.4 Å². The molecule has 0 atom stereocenters. The molecule has 0 aliphatic rings. The topological polar surface area (TPSA) is 92.7 Å². The van der Waals surface area contributed by atoms with E-state index in [-0.39, 0.29) is 4.47 Å². The maximum absolute atomic E-state index is 12.2. The van der Waals surface area contributed by atoms with Crippen molar-refractivity contribution < 1.29 is 36.2 Å². The minimum absolute atomic E-state index is 0.161. The van der Waals surface area contributed by atoms with Gasteiger partial charge in [-0.05, 0) is 18.2 Å². The zero-order valence-electron chi connectivity index (χ0n) is 9.44. The fourth-order valence-corrected chi connectivity index (χ4v) is 2.56. The lowest BCUT2D eigenvalue weighted by Crippen LogP contribution is -2.30.